The first-order chi connectivity index (χ1) is 8.32. The lowest BCUT2D eigenvalue weighted by molar-refractivity contribution is 0.571. The molecule has 0 bridgehead atoms. The molecule has 0 aliphatic rings. The van der Waals surface area contributed by atoms with Crippen molar-refractivity contribution in [1.29, 1.82) is 0 Å². The highest BCUT2D eigenvalue weighted by Crippen LogP contribution is 2.32. The van der Waals surface area contributed by atoms with Gasteiger partial charge in [-0.15, -0.1) is 0 Å². The molecule has 0 aliphatic heterocycles. The summed E-state index contributed by atoms with van der Waals surface area (Å²) in [6.07, 6.45) is 0. The van der Waals surface area contributed by atoms with Crippen LogP contribution in [-0.4, -0.2) is 12.0 Å². The van der Waals surface area contributed by atoms with E-state index in [0.717, 1.165) is 26.8 Å². The molecule has 0 amide bonds. The van der Waals surface area contributed by atoms with Crippen molar-refractivity contribution in [3.63, 3.8) is 0 Å². The molecule has 18 heavy (non-hydrogen) atoms. The number of aryl methyl sites for hydroxylation is 1. The molecular formula is C15H19BrN2. The number of aromatic nitrogens is 1. The number of hydrogen-bond donors (Lipinski definition) is 1. The third-order valence-electron chi connectivity index (χ3n) is 3.11. The van der Waals surface area contributed by atoms with Gasteiger partial charge in [0.15, 0.2) is 0 Å². The molecule has 0 saturated heterocycles. The van der Waals surface area contributed by atoms with Gasteiger partial charge in [-0.3, -0.25) is 4.98 Å². The van der Waals surface area contributed by atoms with Gasteiger partial charge in [-0.1, -0.05) is 36.7 Å². The Kier molecular flexibility index (Phi) is 3.37. The van der Waals surface area contributed by atoms with E-state index in [-0.39, 0.29) is 5.41 Å². The van der Waals surface area contributed by atoms with Crippen molar-refractivity contribution in [2.24, 2.45) is 0 Å². The molecule has 0 saturated carbocycles. The average Bonchev–Trinajstić information content (AvgIpc) is 2.26. The molecule has 0 spiro atoms. The number of anilines is 1. The second-order valence-corrected chi connectivity index (χ2v) is 6.59. The molecule has 0 radical (unpaired) electrons. The third kappa shape index (κ3) is 2.37. The lowest BCUT2D eigenvalue weighted by Gasteiger charge is -2.20. The number of hydrogen-bond acceptors (Lipinski definition) is 2. The largest absolute Gasteiger partial charge is 0.388 e. The van der Waals surface area contributed by atoms with Gasteiger partial charge in [-0.25, -0.2) is 0 Å². The van der Waals surface area contributed by atoms with Crippen LogP contribution in [0.4, 0.5) is 5.69 Å². The van der Waals surface area contributed by atoms with E-state index in [1.54, 1.807) is 0 Å². The highest BCUT2D eigenvalue weighted by atomic mass is 79.9. The van der Waals surface area contributed by atoms with Crippen LogP contribution >= 0.6 is 15.9 Å². The second-order valence-electron chi connectivity index (χ2n) is 5.67. The Labute approximate surface area is 117 Å². The molecule has 96 valence electrons. The number of halogens is 1. The minimum Gasteiger partial charge on any atom is -0.388 e. The normalized spacial score (nSPS) is 11.9. The molecule has 1 heterocycles. The topological polar surface area (TPSA) is 24.9 Å². The van der Waals surface area contributed by atoms with Gasteiger partial charge in [0.05, 0.1) is 5.52 Å². The van der Waals surface area contributed by atoms with Crippen molar-refractivity contribution in [3.05, 3.63) is 33.9 Å². The number of rotatable bonds is 1. The van der Waals surface area contributed by atoms with Gasteiger partial charge in [0.2, 0.25) is 0 Å². The van der Waals surface area contributed by atoms with Crippen molar-refractivity contribution >= 4 is 32.5 Å². The van der Waals surface area contributed by atoms with Crippen molar-refractivity contribution in [1.82, 2.24) is 4.98 Å². The van der Waals surface area contributed by atoms with Crippen LogP contribution in [0.25, 0.3) is 10.9 Å². The predicted molar refractivity (Wildman–Crippen MR) is 82.4 cm³/mol. The predicted octanol–water partition coefficient (Wildman–Crippen LogP) is 4.64. The van der Waals surface area contributed by atoms with Crippen LogP contribution in [0.3, 0.4) is 0 Å². The smallest absolute Gasteiger partial charge is 0.0756 e. The van der Waals surface area contributed by atoms with Crippen molar-refractivity contribution in [2.45, 2.75) is 33.1 Å². The Morgan fingerprint density at radius 3 is 2.39 bits per heavy atom. The van der Waals surface area contributed by atoms with E-state index in [2.05, 4.69) is 67.1 Å². The SMILES string of the molecule is CNc1cc(C(C)(C)C)nc2c(C)cc(Br)cc12. The maximum absolute atomic E-state index is 4.83. The Bertz CT molecular complexity index is 597. The van der Waals surface area contributed by atoms with Gasteiger partial charge in [-0.2, -0.15) is 0 Å². The average molecular weight is 307 g/mol. The zero-order valence-electron chi connectivity index (χ0n) is 11.6. The molecular weight excluding hydrogens is 288 g/mol. The summed E-state index contributed by atoms with van der Waals surface area (Å²) >= 11 is 3.55. The monoisotopic (exact) mass is 306 g/mol. The van der Waals surface area contributed by atoms with E-state index in [4.69, 9.17) is 4.98 Å². The Balaban J connectivity index is 2.84. The molecule has 2 nitrogen and oxygen atoms in total. The lowest BCUT2D eigenvalue weighted by atomic mass is 9.90. The fourth-order valence-corrected chi connectivity index (χ4v) is 2.62. The molecule has 2 rings (SSSR count). The van der Waals surface area contributed by atoms with E-state index >= 15 is 0 Å². The summed E-state index contributed by atoms with van der Waals surface area (Å²) in [4.78, 5) is 4.83. The molecule has 2 aromatic rings. The Morgan fingerprint density at radius 1 is 1.17 bits per heavy atom. The maximum Gasteiger partial charge on any atom is 0.0756 e. The third-order valence-corrected chi connectivity index (χ3v) is 3.56. The summed E-state index contributed by atoms with van der Waals surface area (Å²) < 4.78 is 1.09. The lowest BCUT2D eigenvalue weighted by Crippen LogP contribution is -2.14. The minimum atomic E-state index is 0.0549. The molecule has 1 aromatic heterocycles. The van der Waals surface area contributed by atoms with Crippen molar-refractivity contribution < 1.29 is 0 Å². The van der Waals surface area contributed by atoms with Crippen LogP contribution in [0.15, 0.2) is 22.7 Å². The summed E-state index contributed by atoms with van der Waals surface area (Å²) in [6, 6.07) is 6.38. The Morgan fingerprint density at radius 2 is 1.83 bits per heavy atom. The van der Waals surface area contributed by atoms with Gasteiger partial charge in [0.25, 0.3) is 0 Å². The van der Waals surface area contributed by atoms with Crippen LogP contribution in [0, 0.1) is 6.92 Å². The summed E-state index contributed by atoms with van der Waals surface area (Å²) in [5, 5.41) is 4.44. The molecule has 1 N–H and O–H groups in total. The summed E-state index contributed by atoms with van der Waals surface area (Å²) in [5.74, 6) is 0. The number of benzene rings is 1. The van der Waals surface area contributed by atoms with Crippen LogP contribution in [0.2, 0.25) is 0 Å². The summed E-state index contributed by atoms with van der Waals surface area (Å²) in [6.45, 7) is 8.67. The molecule has 0 atom stereocenters. The molecule has 3 heteroatoms. The zero-order valence-corrected chi connectivity index (χ0v) is 13.1. The molecule has 0 aliphatic carbocycles. The van der Waals surface area contributed by atoms with Gasteiger partial charge in [-0.05, 0) is 30.7 Å². The number of nitrogens with zero attached hydrogens (tertiary/aromatic N) is 1. The van der Waals surface area contributed by atoms with Crippen LogP contribution < -0.4 is 5.32 Å². The standard InChI is InChI=1S/C15H19BrN2/c1-9-6-10(16)7-11-12(17-5)8-13(15(2,3)4)18-14(9)11/h6-8H,1-5H3,(H,17,18). The van der Waals surface area contributed by atoms with Crippen molar-refractivity contribution in [2.75, 3.05) is 12.4 Å². The van der Waals surface area contributed by atoms with Crippen molar-refractivity contribution in [3.8, 4) is 0 Å². The number of pyridine rings is 1. The first-order valence-electron chi connectivity index (χ1n) is 6.12. The van der Waals surface area contributed by atoms with E-state index in [1.165, 1.54) is 5.56 Å². The quantitative estimate of drug-likeness (QED) is 0.830. The highest BCUT2D eigenvalue weighted by Gasteiger charge is 2.18. The second kappa shape index (κ2) is 4.54. The highest BCUT2D eigenvalue weighted by molar-refractivity contribution is 9.10. The van der Waals surface area contributed by atoms with Crippen LogP contribution in [0.5, 0.6) is 0 Å². The van der Waals surface area contributed by atoms with E-state index in [1.807, 2.05) is 7.05 Å². The molecule has 0 fully saturated rings. The van der Waals surface area contributed by atoms with Crippen LogP contribution in [0.1, 0.15) is 32.0 Å². The molecule has 0 unspecified atom stereocenters. The first kappa shape index (κ1) is 13.3. The van der Waals surface area contributed by atoms with Gasteiger partial charge in [0, 0.05) is 33.7 Å². The summed E-state index contributed by atoms with van der Waals surface area (Å²) in [7, 11) is 1.96. The number of nitrogens with one attached hydrogen (secondary N) is 1. The van der Waals surface area contributed by atoms with E-state index < -0.39 is 0 Å². The van der Waals surface area contributed by atoms with Gasteiger partial charge >= 0.3 is 0 Å². The summed E-state index contributed by atoms with van der Waals surface area (Å²) in [5.41, 5.74) is 4.58. The van der Waals surface area contributed by atoms with Gasteiger partial charge < -0.3 is 5.32 Å². The Hall–Kier alpha value is -1.09. The van der Waals surface area contributed by atoms with Crippen LogP contribution in [-0.2, 0) is 5.41 Å². The number of fused-ring (bicyclic) bond motifs is 1. The zero-order chi connectivity index (χ0) is 13.5. The van der Waals surface area contributed by atoms with Gasteiger partial charge in [0.1, 0.15) is 0 Å². The molecule has 1 aromatic carbocycles. The first-order valence-corrected chi connectivity index (χ1v) is 6.91. The fraction of sp³-hybridized carbons (Fsp3) is 0.400. The fourth-order valence-electron chi connectivity index (χ4n) is 2.05. The minimum absolute atomic E-state index is 0.0549. The maximum atomic E-state index is 4.83. The van der Waals surface area contributed by atoms with E-state index in [0.29, 0.717) is 0 Å². The van der Waals surface area contributed by atoms with E-state index in [9.17, 15) is 0 Å².